The minimum Gasteiger partial charge on any atom is -0.385 e. The molecule has 4 aromatic heterocycles. The van der Waals surface area contributed by atoms with Gasteiger partial charge in [-0.2, -0.15) is 19.3 Å². The molecule has 0 amide bonds. The molecular formula is C20H22F2N10O12P2. The quantitative estimate of drug-likeness (QED) is 0.106. The third kappa shape index (κ3) is 5.36. The number of hydrogen-bond acceptors (Lipinski definition) is 17. The lowest BCUT2D eigenvalue weighted by Crippen LogP contribution is -2.35. The number of ether oxygens (including phenoxy) is 3. The summed E-state index contributed by atoms with van der Waals surface area (Å²) in [6, 6.07) is 0. The molecule has 3 aliphatic rings. The fraction of sp³-hybridized carbons (Fsp3) is 0.500. The van der Waals surface area contributed by atoms with Crippen molar-refractivity contribution in [1.29, 1.82) is 0 Å². The normalized spacial score (nSPS) is 37.2. The number of nitrogen functional groups attached to an aromatic ring is 2. The smallest absolute Gasteiger partial charge is 0.385 e. The number of aliphatic hydroxyl groups excluding tert-OH is 1. The molecule has 7 heterocycles. The van der Waals surface area contributed by atoms with E-state index < -0.39 is 89.3 Å². The molecule has 3 aliphatic heterocycles. The van der Waals surface area contributed by atoms with Crippen LogP contribution in [0.5, 0.6) is 0 Å². The minimum absolute atomic E-state index is 0.109. The first-order valence-corrected chi connectivity index (χ1v) is 16.3. The van der Waals surface area contributed by atoms with Crippen LogP contribution < -0.4 is 17.0 Å². The molecule has 0 saturated carbocycles. The highest BCUT2D eigenvalue weighted by molar-refractivity contribution is 7.52. The highest BCUT2D eigenvalue weighted by Crippen LogP contribution is 2.53. The largest absolute Gasteiger partial charge is 0.472 e. The number of anilines is 2. The first kappa shape index (κ1) is 31.1. The van der Waals surface area contributed by atoms with E-state index in [9.17, 15) is 33.2 Å². The van der Waals surface area contributed by atoms with Crippen molar-refractivity contribution in [3.05, 3.63) is 29.1 Å². The fourth-order valence-corrected chi connectivity index (χ4v) is 7.20. The molecule has 0 radical (unpaired) electrons. The highest BCUT2D eigenvalue weighted by Gasteiger charge is 2.54. The zero-order chi connectivity index (χ0) is 32.7. The average molecular weight is 694 g/mol. The van der Waals surface area contributed by atoms with Crippen molar-refractivity contribution in [2.75, 3.05) is 24.4 Å². The average Bonchev–Trinajstić information content (AvgIpc) is 3.72. The number of aromatic nitrogens is 8. The van der Waals surface area contributed by atoms with Gasteiger partial charge in [-0.25, -0.2) is 18.9 Å². The molecule has 0 aliphatic carbocycles. The molecule has 3 saturated heterocycles. The number of halogens is 2. The van der Waals surface area contributed by atoms with Gasteiger partial charge < -0.3 is 40.6 Å². The topological polar surface area (TPSA) is 309 Å². The van der Waals surface area contributed by atoms with Crippen molar-refractivity contribution >= 4 is 49.5 Å². The number of nitrogens with one attached hydrogen (secondary N) is 1. The number of rotatable bonds is 2. The van der Waals surface area contributed by atoms with Gasteiger partial charge in [0.2, 0.25) is 5.95 Å². The lowest BCUT2D eigenvalue weighted by atomic mass is 10.1. The van der Waals surface area contributed by atoms with E-state index in [1.165, 1.54) is 0 Å². The molecule has 0 aromatic carbocycles. The molecule has 3 fully saturated rings. The maximum atomic E-state index is 15.9. The molecule has 46 heavy (non-hydrogen) atoms. The lowest BCUT2D eigenvalue weighted by Gasteiger charge is -2.25. The van der Waals surface area contributed by atoms with Gasteiger partial charge in [-0.15, -0.1) is 0 Å². The van der Waals surface area contributed by atoms with Gasteiger partial charge in [0.05, 0.1) is 19.3 Å². The summed E-state index contributed by atoms with van der Waals surface area (Å²) in [5, 5.41) is 10.9. The summed E-state index contributed by atoms with van der Waals surface area (Å²) in [5.41, 5.74) is 9.76. The number of fused-ring (bicyclic) bond motifs is 5. The fourth-order valence-electron chi connectivity index (χ4n) is 5.24. The number of nitrogens with zero attached hydrogens (tertiary/aromatic N) is 7. The molecule has 7 rings (SSSR count). The van der Waals surface area contributed by atoms with Crippen molar-refractivity contribution in [1.82, 2.24) is 39.0 Å². The summed E-state index contributed by atoms with van der Waals surface area (Å²) < 4.78 is 90.1. The van der Waals surface area contributed by atoms with Crippen LogP contribution in [-0.4, -0.2) is 104 Å². The maximum absolute atomic E-state index is 15.9. The van der Waals surface area contributed by atoms with E-state index in [2.05, 4.69) is 29.9 Å². The molecule has 10 atom stereocenters. The Balaban J connectivity index is 1.21. The van der Waals surface area contributed by atoms with Crippen LogP contribution in [0.3, 0.4) is 0 Å². The Labute approximate surface area is 252 Å². The third-order valence-corrected chi connectivity index (χ3v) is 9.24. The molecular weight excluding hydrogens is 672 g/mol. The number of aromatic amines is 1. The van der Waals surface area contributed by atoms with Gasteiger partial charge in [0, 0.05) is 0 Å². The van der Waals surface area contributed by atoms with E-state index in [1.54, 1.807) is 0 Å². The second-order valence-electron chi connectivity index (χ2n) is 10.2. The van der Waals surface area contributed by atoms with Crippen molar-refractivity contribution < 1.29 is 60.6 Å². The molecule has 2 bridgehead atoms. The summed E-state index contributed by atoms with van der Waals surface area (Å²) >= 11 is 0. The van der Waals surface area contributed by atoms with Crippen molar-refractivity contribution in [3.8, 4) is 0 Å². The number of phosphoric ester groups is 1. The van der Waals surface area contributed by atoms with E-state index in [1.807, 2.05) is 0 Å². The Bertz CT molecular complexity index is 2000. The molecule has 0 spiro atoms. The van der Waals surface area contributed by atoms with Crippen molar-refractivity contribution in [2.24, 2.45) is 0 Å². The Morgan fingerprint density at radius 3 is 2.43 bits per heavy atom. The third-order valence-electron chi connectivity index (χ3n) is 7.20. The molecule has 6 unspecified atom stereocenters. The molecule has 26 heteroatoms. The number of H-pyrrole nitrogens is 1. The number of nitrogens with two attached hydrogens (primary N) is 2. The second-order valence-corrected chi connectivity index (χ2v) is 13.4. The summed E-state index contributed by atoms with van der Waals surface area (Å²) in [6.45, 7) is -0.979. The zero-order valence-corrected chi connectivity index (χ0v) is 24.4. The van der Waals surface area contributed by atoms with Gasteiger partial charge in [0.25, 0.3) is 5.56 Å². The summed E-state index contributed by atoms with van der Waals surface area (Å²) in [4.78, 5) is 54.4. The van der Waals surface area contributed by atoms with Crippen LogP contribution in [0.1, 0.15) is 12.5 Å². The summed E-state index contributed by atoms with van der Waals surface area (Å²) in [6.07, 6.45) is -15.2. The Morgan fingerprint density at radius 2 is 1.67 bits per heavy atom. The van der Waals surface area contributed by atoms with Gasteiger partial charge in [-0.1, -0.05) is 0 Å². The summed E-state index contributed by atoms with van der Waals surface area (Å²) in [7, 11) is -10.2. The van der Waals surface area contributed by atoms with Gasteiger partial charge in [-0.3, -0.25) is 37.0 Å². The maximum Gasteiger partial charge on any atom is 0.472 e. The van der Waals surface area contributed by atoms with Gasteiger partial charge >= 0.3 is 21.5 Å². The van der Waals surface area contributed by atoms with Gasteiger partial charge in [0.15, 0.2) is 59.4 Å². The minimum atomic E-state index is -5.23. The van der Waals surface area contributed by atoms with Crippen LogP contribution in [0.15, 0.2) is 17.4 Å². The predicted octanol–water partition coefficient (Wildman–Crippen LogP) is -1.23. The van der Waals surface area contributed by atoms with Crippen molar-refractivity contribution in [3.63, 3.8) is 0 Å². The standard InChI is InChI=1S/C20H22F2N10O12P2/c21-6-10-5(41-16(6)31-2-25-7-12(23)27-19(22)28-13(7)31)1-40-46(37,38)44-11-9(33)18(39-4-45(35,36)43-10)42-17(11)32-3-26-8-14(32)29-20(24)30-15(8)34/h2-3,5-6,9-11,16-18,33H,1,4H2,(H,35,36)(H,37,38)(H2,23,27,28)(H3,24,29,30,34)/t5-,6?,9?,10?,11?,16-,17-,18+/m1/s1. The molecule has 8 N–H and O–H groups in total. The van der Waals surface area contributed by atoms with Crippen LogP contribution >= 0.6 is 15.4 Å². The first-order valence-electron chi connectivity index (χ1n) is 13.0. The van der Waals surface area contributed by atoms with Crippen LogP contribution in [0.4, 0.5) is 20.5 Å². The second kappa shape index (κ2) is 11.0. The SMILES string of the molecule is Nc1nc2c(ncn2[C@@H]2O[C@@H]3OCP(=O)(O)OC4C(F)[C@H](n5cnc6c(N)nc(F)nc65)O[C@@H]4COP(=O)(O)OC2C3O)c(=O)[nH]1. The number of aliphatic hydroxyl groups is 1. The van der Waals surface area contributed by atoms with Gasteiger partial charge in [0.1, 0.15) is 24.4 Å². The number of alkyl halides is 1. The predicted molar refractivity (Wildman–Crippen MR) is 142 cm³/mol. The van der Waals surface area contributed by atoms with Crippen LogP contribution in [0.2, 0.25) is 0 Å². The Hall–Kier alpha value is -3.54. The van der Waals surface area contributed by atoms with Gasteiger partial charge in [-0.05, 0) is 0 Å². The number of phosphoric acid groups is 1. The monoisotopic (exact) mass is 694 g/mol. The van der Waals surface area contributed by atoms with Crippen LogP contribution in [-0.2, 0) is 36.9 Å². The summed E-state index contributed by atoms with van der Waals surface area (Å²) in [5.74, 6) is -0.681. The Kier molecular flexibility index (Phi) is 7.45. The Morgan fingerprint density at radius 1 is 0.978 bits per heavy atom. The molecule has 248 valence electrons. The molecule has 4 aromatic rings. The lowest BCUT2D eigenvalue weighted by molar-refractivity contribution is -0.168. The van der Waals surface area contributed by atoms with E-state index in [-0.39, 0.29) is 34.1 Å². The van der Waals surface area contributed by atoms with E-state index in [0.29, 0.717) is 0 Å². The van der Waals surface area contributed by atoms with E-state index in [0.717, 1.165) is 21.8 Å². The molecule has 22 nitrogen and oxygen atoms in total. The number of hydrogen-bond donors (Lipinski definition) is 6. The van der Waals surface area contributed by atoms with Crippen molar-refractivity contribution in [2.45, 2.75) is 49.3 Å². The first-order chi connectivity index (χ1) is 21.7. The number of imidazole rings is 2. The van der Waals surface area contributed by atoms with Crippen LogP contribution in [0.25, 0.3) is 22.3 Å². The zero-order valence-electron chi connectivity index (χ0n) is 22.6. The highest BCUT2D eigenvalue weighted by atomic mass is 31.2. The van der Waals surface area contributed by atoms with E-state index in [4.69, 9.17) is 39.2 Å². The van der Waals surface area contributed by atoms with Crippen LogP contribution in [0, 0.1) is 6.08 Å². The van der Waals surface area contributed by atoms with E-state index >= 15 is 4.39 Å².